The molecule has 4 nitrogen and oxygen atoms in total. The average Bonchev–Trinajstić information content (AvgIpc) is 3.02. The molecule has 0 unspecified atom stereocenters. The number of hydrogen-bond donors (Lipinski definition) is 2. The van der Waals surface area contributed by atoms with E-state index in [0.717, 1.165) is 30.6 Å². The predicted molar refractivity (Wildman–Crippen MR) is 77.7 cm³/mol. The maximum atomic E-state index is 12.2. The van der Waals surface area contributed by atoms with Crippen molar-refractivity contribution in [2.24, 2.45) is 11.8 Å². The second kappa shape index (κ2) is 7.41. The van der Waals surface area contributed by atoms with Crippen LogP contribution in [0, 0.1) is 11.8 Å². The average molecular weight is 277 g/mol. The van der Waals surface area contributed by atoms with Crippen molar-refractivity contribution < 1.29 is 14.6 Å². The Balaban J connectivity index is 1.93. The fraction of sp³-hybridized carbons (Fsp3) is 0.562. The second-order valence-corrected chi connectivity index (χ2v) is 5.29. The summed E-state index contributed by atoms with van der Waals surface area (Å²) in [4.78, 5) is 12.2. The van der Waals surface area contributed by atoms with Crippen LogP contribution in [-0.4, -0.2) is 37.4 Å². The Labute approximate surface area is 120 Å². The first kappa shape index (κ1) is 15.0. The zero-order valence-corrected chi connectivity index (χ0v) is 12.0. The lowest BCUT2D eigenvalue weighted by Crippen LogP contribution is -2.35. The topological polar surface area (TPSA) is 58.6 Å². The van der Waals surface area contributed by atoms with Crippen molar-refractivity contribution in [3.8, 4) is 0 Å². The van der Waals surface area contributed by atoms with E-state index in [4.69, 9.17) is 4.74 Å². The van der Waals surface area contributed by atoms with Crippen LogP contribution in [0.3, 0.4) is 0 Å². The molecule has 0 saturated carbocycles. The molecule has 0 bridgehead atoms. The summed E-state index contributed by atoms with van der Waals surface area (Å²) in [5.41, 5.74) is 1.78. The van der Waals surface area contributed by atoms with Gasteiger partial charge in [-0.05, 0) is 30.4 Å². The van der Waals surface area contributed by atoms with Crippen molar-refractivity contribution >= 4 is 5.91 Å². The van der Waals surface area contributed by atoms with Crippen molar-refractivity contribution in [1.82, 2.24) is 5.32 Å². The van der Waals surface area contributed by atoms with Crippen LogP contribution in [0.4, 0.5) is 0 Å². The van der Waals surface area contributed by atoms with Gasteiger partial charge in [-0.3, -0.25) is 4.79 Å². The first-order valence-electron chi connectivity index (χ1n) is 7.31. The van der Waals surface area contributed by atoms with Crippen molar-refractivity contribution in [2.75, 3.05) is 26.4 Å². The molecule has 0 spiro atoms. The number of ether oxygens (including phenoxy) is 1. The molecule has 1 saturated heterocycles. The van der Waals surface area contributed by atoms with Crippen LogP contribution in [0.2, 0.25) is 0 Å². The summed E-state index contributed by atoms with van der Waals surface area (Å²) < 4.78 is 5.34. The quantitative estimate of drug-likeness (QED) is 0.831. The Hall–Kier alpha value is -1.39. The van der Waals surface area contributed by atoms with Crippen LogP contribution in [0.1, 0.15) is 29.3 Å². The molecule has 0 radical (unpaired) electrons. The van der Waals surface area contributed by atoms with Crippen molar-refractivity contribution in [3.05, 3.63) is 35.4 Å². The Morgan fingerprint density at radius 2 is 2.30 bits per heavy atom. The van der Waals surface area contributed by atoms with Gasteiger partial charge in [-0.15, -0.1) is 0 Å². The van der Waals surface area contributed by atoms with E-state index in [-0.39, 0.29) is 18.4 Å². The highest BCUT2D eigenvalue weighted by Gasteiger charge is 2.25. The molecule has 0 aromatic heterocycles. The molecule has 4 heteroatoms. The molecular weight excluding hydrogens is 254 g/mol. The molecule has 110 valence electrons. The number of benzene rings is 1. The van der Waals surface area contributed by atoms with E-state index in [1.807, 2.05) is 31.2 Å². The molecular formula is C16H23NO3. The number of amides is 1. The molecule has 1 amide bonds. The van der Waals surface area contributed by atoms with E-state index in [2.05, 4.69) is 5.32 Å². The van der Waals surface area contributed by atoms with Crippen LogP contribution in [0.5, 0.6) is 0 Å². The highest BCUT2D eigenvalue weighted by Crippen LogP contribution is 2.21. The number of aliphatic hydroxyl groups is 1. The number of rotatable bonds is 6. The summed E-state index contributed by atoms with van der Waals surface area (Å²) in [6, 6.07) is 7.65. The Bertz CT molecular complexity index is 441. The molecule has 2 atom stereocenters. The minimum absolute atomic E-state index is 0.0557. The van der Waals surface area contributed by atoms with Crippen molar-refractivity contribution in [3.63, 3.8) is 0 Å². The molecule has 1 fully saturated rings. The zero-order chi connectivity index (χ0) is 14.4. The monoisotopic (exact) mass is 277 g/mol. The number of hydrogen-bond acceptors (Lipinski definition) is 3. The van der Waals surface area contributed by atoms with Gasteiger partial charge in [0.2, 0.25) is 0 Å². The third-order valence-corrected chi connectivity index (χ3v) is 4.03. The Kier molecular flexibility index (Phi) is 5.56. The molecule has 20 heavy (non-hydrogen) atoms. The minimum atomic E-state index is -0.0557. The highest BCUT2D eigenvalue weighted by molar-refractivity contribution is 5.95. The van der Waals surface area contributed by atoms with Crippen LogP contribution in [0.25, 0.3) is 0 Å². The number of carbonyl (C=O) groups is 1. The van der Waals surface area contributed by atoms with Gasteiger partial charge in [0, 0.05) is 37.8 Å². The van der Waals surface area contributed by atoms with Gasteiger partial charge >= 0.3 is 0 Å². The van der Waals surface area contributed by atoms with Crippen LogP contribution in [-0.2, 0) is 11.2 Å². The molecule has 1 aliphatic rings. The molecule has 1 aromatic carbocycles. The van der Waals surface area contributed by atoms with E-state index >= 15 is 0 Å². The minimum Gasteiger partial charge on any atom is -0.396 e. The summed E-state index contributed by atoms with van der Waals surface area (Å²) in [5, 5.41) is 12.4. The van der Waals surface area contributed by atoms with Gasteiger partial charge in [-0.1, -0.05) is 25.1 Å². The third-order valence-electron chi connectivity index (χ3n) is 4.03. The summed E-state index contributed by atoms with van der Waals surface area (Å²) in [7, 11) is 0. The van der Waals surface area contributed by atoms with Crippen molar-refractivity contribution in [1.29, 1.82) is 0 Å². The first-order chi connectivity index (χ1) is 9.76. The van der Waals surface area contributed by atoms with Crippen LogP contribution < -0.4 is 5.32 Å². The first-order valence-corrected chi connectivity index (χ1v) is 7.31. The third kappa shape index (κ3) is 3.58. The largest absolute Gasteiger partial charge is 0.396 e. The van der Waals surface area contributed by atoms with E-state index in [0.29, 0.717) is 19.1 Å². The maximum Gasteiger partial charge on any atom is 0.251 e. The van der Waals surface area contributed by atoms with Gasteiger partial charge in [0.1, 0.15) is 0 Å². The molecule has 0 aliphatic carbocycles. The van der Waals surface area contributed by atoms with Gasteiger partial charge in [0.05, 0.1) is 0 Å². The lowest BCUT2D eigenvalue weighted by molar-refractivity contribution is 0.0916. The Morgan fingerprint density at radius 1 is 1.50 bits per heavy atom. The van der Waals surface area contributed by atoms with E-state index in [1.165, 1.54) is 0 Å². The fourth-order valence-electron chi connectivity index (χ4n) is 2.67. The van der Waals surface area contributed by atoms with Gasteiger partial charge in [0.25, 0.3) is 5.91 Å². The van der Waals surface area contributed by atoms with Gasteiger partial charge in [-0.2, -0.15) is 0 Å². The van der Waals surface area contributed by atoms with E-state index < -0.39 is 0 Å². The second-order valence-electron chi connectivity index (χ2n) is 5.29. The molecule has 1 aliphatic heterocycles. The predicted octanol–water partition coefficient (Wildman–Crippen LogP) is 1.62. The number of aryl methyl sites for hydroxylation is 1. The number of nitrogens with one attached hydrogen (secondary N) is 1. The van der Waals surface area contributed by atoms with Gasteiger partial charge in [0.15, 0.2) is 0 Å². The normalized spacial score (nSPS) is 19.8. The van der Waals surface area contributed by atoms with E-state index in [1.54, 1.807) is 0 Å². The lowest BCUT2D eigenvalue weighted by atomic mass is 9.92. The van der Waals surface area contributed by atoms with Crippen molar-refractivity contribution in [2.45, 2.75) is 19.8 Å². The maximum absolute atomic E-state index is 12.2. The van der Waals surface area contributed by atoms with Gasteiger partial charge < -0.3 is 15.2 Å². The smallest absolute Gasteiger partial charge is 0.251 e. The zero-order valence-electron chi connectivity index (χ0n) is 12.0. The van der Waals surface area contributed by atoms with Crippen LogP contribution in [0.15, 0.2) is 24.3 Å². The Morgan fingerprint density at radius 3 is 2.95 bits per heavy atom. The summed E-state index contributed by atoms with van der Waals surface area (Å²) >= 11 is 0. The van der Waals surface area contributed by atoms with Gasteiger partial charge in [-0.25, -0.2) is 0 Å². The molecule has 1 aromatic rings. The van der Waals surface area contributed by atoms with Crippen LogP contribution >= 0.6 is 0 Å². The number of carbonyl (C=O) groups excluding carboxylic acids is 1. The summed E-state index contributed by atoms with van der Waals surface area (Å²) in [6.45, 7) is 4.07. The molecule has 2 rings (SSSR count). The standard InChI is InChI=1S/C16H23NO3/c1-2-12-5-3-4-6-15(12)16(19)17-9-14(10-18)13-7-8-20-11-13/h3-6,13-14,18H,2,7-11H2,1H3,(H,17,19)/t13-,14-/m0/s1. The number of aliphatic hydroxyl groups excluding tert-OH is 1. The highest BCUT2D eigenvalue weighted by atomic mass is 16.5. The summed E-state index contributed by atoms with van der Waals surface area (Å²) in [5.74, 6) is 0.372. The SMILES string of the molecule is CCc1ccccc1C(=O)NC[C@@H](CO)[C@H]1CCOC1. The molecule has 2 N–H and O–H groups in total. The fourth-order valence-corrected chi connectivity index (χ4v) is 2.67. The summed E-state index contributed by atoms with van der Waals surface area (Å²) in [6.07, 6.45) is 1.80. The van der Waals surface area contributed by atoms with E-state index in [9.17, 15) is 9.90 Å². The molecule has 1 heterocycles. The lowest BCUT2D eigenvalue weighted by Gasteiger charge is -2.20.